The van der Waals surface area contributed by atoms with Crippen LogP contribution < -0.4 is 0 Å². The average molecular weight is 403 g/mol. The molecule has 2 N–H and O–H groups in total. The van der Waals surface area contributed by atoms with Gasteiger partial charge in [0.1, 0.15) is 0 Å². The Morgan fingerprint density at radius 3 is 2.39 bits per heavy atom. The SMILES string of the molecule is OCc1cc2c3ccccc3n(Cc3ccccc3)c2c(-c2c[nH]c3ccccc23)n1. The number of hydrogen-bond acceptors (Lipinski definition) is 2. The summed E-state index contributed by atoms with van der Waals surface area (Å²) >= 11 is 0. The first-order valence-corrected chi connectivity index (χ1v) is 10.5. The van der Waals surface area contributed by atoms with E-state index in [9.17, 15) is 5.11 Å². The number of hydrogen-bond donors (Lipinski definition) is 2. The zero-order chi connectivity index (χ0) is 20.8. The number of aliphatic hydroxyl groups is 1. The van der Waals surface area contributed by atoms with Gasteiger partial charge in [-0.05, 0) is 23.8 Å². The van der Waals surface area contributed by atoms with E-state index in [0.717, 1.165) is 39.6 Å². The van der Waals surface area contributed by atoms with Gasteiger partial charge < -0.3 is 14.7 Å². The molecular weight excluding hydrogens is 382 g/mol. The molecule has 0 saturated heterocycles. The number of rotatable bonds is 4. The lowest BCUT2D eigenvalue weighted by atomic mass is 10.1. The number of aromatic amines is 1. The molecule has 0 aliphatic carbocycles. The van der Waals surface area contributed by atoms with Crippen LogP contribution in [0.4, 0.5) is 0 Å². The van der Waals surface area contributed by atoms with Crippen molar-refractivity contribution in [1.29, 1.82) is 0 Å². The van der Waals surface area contributed by atoms with Crippen LogP contribution in [0.5, 0.6) is 0 Å². The van der Waals surface area contributed by atoms with E-state index in [-0.39, 0.29) is 6.61 Å². The predicted octanol–water partition coefficient (Wildman–Crippen LogP) is 5.88. The summed E-state index contributed by atoms with van der Waals surface area (Å²) in [6.45, 7) is 0.657. The lowest BCUT2D eigenvalue weighted by Crippen LogP contribution is -2.02. The third-order valence-corrected chi connectivity index (χ3v) is 5.99. The van der Waals surface area contributed by atoms with E-state index in [1.807, 2.05) is 30.5 Å². The fraction of sp³-hybridized carbons (Fsp3) is 0.0741. The lowest BCUT2D eigenvalue weighted by molar-refractivity contribution is 0.277. The molecule has 3 heterocycles. The van der Waals surface area contributed by atoms with E-state index >= 15 is 0 Å². The van der Waals surface area contributed by atoms with Crippen LogP contribution in [0.25, 0.3) is 44.0 Å². The maximum absolute atomic E-state index is 9.97. The number of aliphatic hydroxyl groups excluding tert-OH is 1. The predicted molar refractivity (Wildman–Crippen MR) is 126 cm³/mol. The van der Waals surface area contributed by atoms with Gasteiger partial charge >= 0.3 is 0 Å². The van der Waals surface area contributed by atoms with Crippen molar-refractivity contribution < 1.29 is 5.11 Å². The standard InChI is InChI=1S/C27H21N3O/c31-17-19-14-22-21-11-5-7-13-25(21)30(16-18-8-2-1-3-9-18)27(22)26(29-19)23-15-28-24-12-6-4-10-20(23)24/h1-15,28,31H,16-17H2. The van der Waals surface area contributed by atoms with Crippen LogP contribution in [0.2, 0.25) is 0 Å². The van der Waals surface area contributed by atoms with Crippen molar-refractivity contribution in [1.82, 2.24) is 14.5 Å². The van der Waals surface area contributed by atoms with Crippen LogP contribution in [0.1, 0.15) is 11.3 Å². The van der Waals surface area contributed by atoms with Crippen LogP contribution in [-0.2, 0) is 13.2 Å². The number of nitrogens with one attached hydrogen (secondary N) is 1. The molecule has 3 aromatic carbocycles. The Hall–Kier alpha value is -3.89. The topological polar surface area (TPSA) is 53.8 Å². The van der Waals surface area contributed by atoms with Gasteiger partial charge in [0.2, 0.25) is 0 Å². The normalized spacial score (nSPS) is 11.6. The van der Waals surface area contributed by atoms with Crippen molar-refractivity contribution in [3.05, 3.63) is 102 Å². The molecule has 0 unspecified atom stereocenters. The fourth-order valence-electron chi connectivity index (χ4n) is 4.59. The van der Waals surface area contributed by atoms with Gasteiger partial charge in [-0.1, -0.05) is 66.7 Å². The average Bonchev–Trinajstić information content (AvgIpc) is 3.39. The van der Waals surface area contributed by atoms with E-state index in [2.05, 4.69) is 70.2 Å². The molecule has 0 fully saturated rings. The van der Waals surface area contributed by atoms with Gasteiger partial charge in [-0.25, -0.2) is 4.98 Å². The van der Waals surface area contributed by atoms with Crippen molar-refractivity contribution in [3.63, 3.8) is 0 Å². The van der Waals surface area contributed by atoms with E-state index in [0.29, 0.717) is 5.69 Å². The third kappa shape index (κ3) is 2.84. The molecule has 6 aromatic rings. The molecule has 150 valence electrons. The Kier molecular flexibility index (Phi) is 4.11. The Labute approximate surface area is 179 Å². The molecule has 4 nitrogen and oxygen atoms in total. The molecule has 6 rings (SSSR count). The molecule has 4 heteroatoms. The molecule has 0 atom stereocenters. The molecule has 0 radical (unpaired) electrons. The number of aromatic nitrogens is 3. The molecule has 0 amide bonds. The Bertz CT molecular complexity index is 1540. The number of nitrogens with zero attached hydrogens (tertiary/aromatic N) is 2. The van der Waals surface area contributed by atoms with Crippen LogP contribution in [0.15, 0.2) is 91.1 Å². The zero-order valence-corrected chi connectivity index (χ0v) is 16.9. The van der Waals surface area contributed by atoms with Crippen LogP contribution in [-0.4, -0.2) is 19.6 Å². The van der Waals surface area contributed by atoms with Crippen LogP contribution in [0, 0.1) is 0 Å². The van der Waals surface area contributed by atoms with E-state index < -0.39 is 0 Å². The fourth-order valence-corrected chi connectivity index (χ4v) is 4.59. The minimum Gasteiger partial charge on any atom is -0.390 e. The quantitative estimate of drug-likeness (QED) is 0.386. The minimum atomic E-state index is -0.0938. The summed E-state index contributed by atoms with van der Waals surface area (Å²) in [5.41, 5.74) is 7.19. The summed E-state index contributed by atoms with van der Waals surface area (Å²) < 4.78 is 2.35. The molecule has 3 aromatic heterocycles. The summed E-state index contributed by atoms with van der Waals surface area (Å²) in [7, 11) is 0. The van der Waals surface area contributed by atoms with Crippen LogP contribution >= 0.6 is 0 Å². The number of fused-ring (bicyclic) bond motifs is 4. The molecule has 0 bridgehead atoms. The Morgan fingerprint density at radius 1 is 0.806 bits per heavy atom. The molecule has 0 spiro atoms. The summed E-state index contributed by atoms with van der Waals surface area (Å²) in [4.78, 5) is 8.30. The summed E-state index contributed by atoms with van der Waals surface area (Å²) in [6.07, 6.45) is 2.03. The van der Waals surface area contributed by atoms with Gasteiger partial charge in [-0.2, -0.15) is 0 Å². The van der Waals surface area contributed by atoms with E-state index in [1.165, 1.54) is 16.5 Å². The van der Waals surface area contributed by atoms with Gasteiger partial charge in [0, 0.05) is 45.5 Å². The minimum absolute atomic E-state index is 0.0938. The monoisotopic (exact) mass is 403 g/mol. The second kappa shape index (κ2) is 7.11. The van der Waals surface area contributed by atoms with Gasteiger partial charge in [0.25, 0.3) is 0 Å². The van der Waals surface area contributed by atoms with Crippen LogP contribution in [0.3, 0.4) is 0 Å². The van der Waals surface area contributed by atoms with E-state index in [1.54, 1.807) is 0 Å². The number of H-pyrrole nitrogens is 1. The van der Waals surface area contributed by atoms with Gasteiger partial charge in [-0.15, -0.1) is 0 Å². The van der Waals surface area contributed by atoms with Crippen molar-refractivity contribution in [2.75, 3.05) is 0 Å². The number of pyridine rings is 1. The lowest BCUT2D eigenvalue weighted by Gasteiger charge is -2.12. The molecule has 31 heavy (non-hydrogen) atoms. The highest BCUT2D eigenvalue weighted by molar-refractivity contribution is 6.14. The van der Waals surface area contributed by atoms with E-state index in [4.69, 9.17) is 4.98 Å². The number of para-hydroxylation sites is 2. The molecule has 0 saturated carbocycles. The smallest absolute Gasteiger partial charge is 0.0971 e. The first-order valence-electron chi connectivity index (χ1n) is 10.5. The Balaban J connectivity index is 1.74. The highest BCUT2D eigenvalue weighted by Gasteiger charge is 2.19. The first kappa shape index (κ1) is 17.9. The summed E-state index contributed by atoms with van der Waals surface area (Å²) in [5.74, 6) is 0. The van der Waals surface area contributed by atoms with Gasteiger partial charge in [0.15, 0.2) is 0 Å². The second-order valence-corrected chi connectivity index (χ2v) is 7.85. The van der Waals surface area contributed by atoms with Gasteiger partial charge in [0.05, 0.1) is 23.5 Å². The van der Waals surface area contributed by atoms with Gasteiger partial charge in [-0.3, -0.25) is 0 Å². The van der Waals surface area contributed by atoms with Crippen molar-refractivity contribution >= 4 is 32.7 Å². The van der Waals surface area contributed by atoms with Crippen molar-refractivity contribution in [2.45, 2.75) is 13.2 Å². The van der Waals surface area contributed by atoms with Crippen molar-refractivity contribution in [3.8, 4) is 11.3 Å². The number of benzene rings is 3. The zero-order valence-electron chi connectivity index (χ0n) is 16.9. The molecule has 0 aliphatic heterocycles. The summed E-state index contributed by atoms with van der Waals surface area (Å²) in [6, 6.07) is 29.3. The third-order valence-electron chi connectivity index (χ3n) is 5.99. The first-order chi connectivity index (χ1) is 15.3. The molecule has 0 aliphatic rings. The molecular formula is C27H21N3O. The Morgan fingerprint density at radius 2 is 1.55 bits per heavy atom. The maximum Gasteiger partial charge on any atom is 0.0971 e. The highest BCUT2D eigenvalue weighted by Crippen LogP contribution is 2.38. The second-order valence-electron chi connectivity index (χ2n) is 7.85. The summed E-state index contributed by atoms with van der Waals surface area (Å²) in [5, 5.41) is 13.4. The highest BCUT2D eigenvalue weighted by atomic mass is 16.3. The van der Waals surface area contributed by atoms with Crippen molar-refractivity contribution in [2.24, 2.45) is 0 Å². The largest absolute Gasteiger partial charge is 0.390 e. The maximum atomic E-state index is 9.97.